The average molecular weight is 296 g/mol. The number of rotatable bonds is 2. The number of carbonyl (C=O) groups is 1. The minimum Gasteiger partial charge on any atom is -0.444 e. The summed E-state index contributed by atoms with van der Waals surface area (Å²) in [6.45, 7) is 5.97. The van der Waals surface area contributed by atoms with Crippen molar-refractivity contribution in [1.29, 1.82) is 0 Å². The molecule has 0 saturated carbocycles. The van der Waals surface area contributed by atoms with Crippen molar-refractivity contribution in [2.24, 2.45) is 0 Å². The first kappa shape index (κ1) is 15.8. The van der Waals surface area contributed by atoms with E-state index in [1.165, 1.54) is 0 Å². The monoisotopic (exact) mass is 296 g/mol. The number of nitrogens with one attached hydrogen (secondary N) is 1. The molecule has 114 valence electrons. The number of ether oxygens (including phenoxy) is 1. The standard InChI is InChI=1S/C18H20N2O2/c1-18(2,3)22-17(21)20-11-5-4-7-14-9-10-16-15(13-14)8-6-12-19-16/h6,8-10,12-13H,5,11H2,1-3H3,(H,20,21). The second-order valence-electron chi connectivity index (χ2n) is 5.89. The molecule has 0 aliphatic rings. The van der Waals surface area contributed by atoms with Crippen LogP contribution in [0.1, 0.15) is 32.8 Å². The molecule has 0 aliphatic carbocycles. The normalized spacial score (nSPS) is 10.7. The maximum atomic E-state index is 11.4. The number of carbonyl (C=O) groups excluding carboxylic acids is 1. The van der Waals surface area contributed by atoms with Gasteiger partial charge < -0.3 is 10.1 Å². The molecule has 2 aromatic rings. The fraction of sp³-hybridized carbons (Fsp3) is 0.333. The molecule has 0 unspecified atom stereocenters. The Bertz CT molecular complexity index is 721. The highest BCUT2D eigenvalue weighted by molar-refractivity contribution is 5.79. The van der Waals surface area contributed by atoms with Gasteiger partial charge >= 0.3 is 6.09 Å². The van der Waals surface area contributed by atoms with Crippen LogP contribution in [0.25, 0.3) is 10.9 Å². The maximum Gasteiger partial charge on any atom is 0.407 e. The minimum absolute atomic E-state index is 0.411. The number of alkyl carbamates (subject to hydrolysis) is 1. The lowest BCUT2D eigenvalue weighted by atomic mass is 10.1. The number of hydrogen-bond acceptors (Lipinski definition) is 3. The summed E-state index contributed by atoms with van der Waals surface area (Å²) < 4.78 is 5.15. The molecule has 0 atom stereocenters. The van der Waals surface area contributed by atoms with E-state index < -0.39 is 11.7 Å². The van der Waals surface area contributed by atoms with Crippen LogP contribution in [0.4, 0.5) is 4.79 Å². The molecular formula is C18H20N2O2. The van der Waals surface area contributed by atoms with Gasteiger partial charge in [-0.05, 0) is 45.0 Å². The number of hydrogen-bond donors (Lipinski definition) is 1. The van der Waals surface area contributed by atoms with Crippen LogP contribution in [-0.2, 0) is 4.74 Å². The Morgan fingerprint density at radius 3 is 2.91 bits per heavy atom. The summed E-state index contributed by atoms with van der Waals surface area (Å²) in [5, 5.41) is 3.75. The number of fused-ring (bicyclic) bond motifs is 1. The second kappa shape index (κ2) is 6.95. The van der Waals surface area contributed by atoms with Gasteiger partial charge in [-0.25, -0.2) is 4.79 Å². The summed E-state index contributed by atoms with van der Waals surface area (Å²) in [6, 6.07) is 9.83. The number of benzene rings is 1. The predicted molar refractivity (Wildman–Crippen MR) is 87.5 cm³/mol. The summed E-state index contributed by atoms with van der Waals surface area (Å²) in [7, 11) is 0. The molecule has 4 heteroatoms. The molecule has 2 rings (SSSR count). The molecule has 0 saturated heterocycles. The Morgan fingerprint density at radius 2 is 2.14 bits per heavy atom. The molecule has 0 radical (unpaired) electrons. The lowest BCUT2D eigenvalue weighted by Crippen LogP contribution is -2.32. The third-order valence-electron chi connectivity index (χ3n) is 2.75. The van der Waals surface area contributed by atoms with E-state index in [9.17, 15) is 4.79 Å². The van der Waals surface area contributed by atoms with Gasteiger partial charge in [0.1, 0.15) is 5.60 Å². The van der Waals surface area contributed by atoms with Crippen molar-refractivity contribution in [3.63, 3.8) is 0 Å². The van der Waals surface area contributed by atoms with E-state index in [0.717, 1.165) is 16.5 Å². The fourth-order valence-electron chi connectivity index (χ4n) is 1.86. The van der Waals surface area contributed by atoms with Crippen LogP contribution in [0.3, 0.4) is 0 Å². The van der Waals surface area contributed by atoms with Crippen molar-refractivity contribution in [1.82, 2.24) is 10.3 Å². The molecule has 22 heavy (non-hydrogen) atoms. The molecule has 1 N–H and O–H groups in total. The lowest BCUT2D eigenvalue weighted by molar-refractivity contribution is 0.0529. The number of nitrogens with zero attached hydrogens (tertiary/aromatic N) is 1. The zero-order chi connectivity index (χ0) is 16.0. The van der Waals surface area contributed by atoms with Crippen molar-refractivity contribution in [2.45, 2.75) is 32.8 Å². The van der Waals surface area contributed by atoms with Crippen molar-refractivity contribution < 1.29 is 9.53 Å². The molecule has 1 amide bonds. The molecule has 1 heterocycles. The largest absolute Gasteiger partial charge is 0.444 e. The Kier molecular flexibility index (Phi) is 5.00. The summed E-state index contributed by atoms with van der Waals surface area (Å²) in [6.07, 6.45) is 1.94. The van der Waals surface area contributed by atoms with Crippen molar-refractivity contribution in [2.75, 3.05) is 6.54 Å². The van der Waals surface area contributed by atoms with Gasteiger partial charge in [0.25, 0.3) is 0 Å². The van der Waals surface area contributed by atoms with E-state index in [-0.39, 0.29) is 0 Å². The van der Waals surface area contributed by atoms with Gasteiger partial charge in [-0.1, -0.05) is 17.9 Å². The van der Waals surface area contributed by atoms with E-state index in [1.54, 1.807) is 6.20 Å². The van der Waals surface area contributed by atoms with E-state index >= 15 is 0 Å². The SMILES string of the molecule is CC(C)(C)OC(=O)NCCC#Cc1ccc2ncccc2c1. The quantitative estimate of drug-likeness (QED) is 0.681. The molecule has 0 spiro atoms. The second-order valence-corrected chi connectivity index (χ2v) is 5.89. The lowest BCUT2D eigenvalue weighted by Gasteiger charge is -2.19. The van der Waals surface area contributed by atoms with Crippen molar-refractivity contribution in [3.8, 4) is 11.8 Å². The Labute approximate surface area is 130 Å². The molecule has 4 nitrogen and oxygen atoms in total. The van der Waals surface area contributed by atoms with Crippen LogP contribution in [-0.4, -0.2) is 23.2 Å². The third-order valence-corrected chi connectivity index (χ3v) is 2.75. The molecule has 1 aromatic carbocycles. The van der Waals surface area contributed by atoms with Crippen molar-refractivity contribution >= 4 is 17.0 Å². The predicted octanol–water partition coefficient (Wildman–Crippen LogP) is 3.50. The zero-order valence-corrected chi connectivity index (χ0v) is 13.1. The van der Waals surface area contributed by atoms with E-state index in [4.69, 9.17) is 4.74 Å². The van der Waals surface area contributed by atoms with Gasteiger partial charge in [-0.3, -0.25) is 4.98 Å². The minimum atomic E-state index is -0.477. The first-order chi connectivity index (χ1) is 10.4. The average Bonchev–Trinajstić information content (AvgIpc) is 2.45. The van der Waals surface area contributed by atoms with Gasteiger partial charge in [0.2, 0.25) is 0 Å². The van der Waals surface area contributed by atoms with Gasteiger partial charge in [0.15, 0.2) is 0 Å². The van der Waals surface area contributed by atoms with Crippen LogP contribution >= 0.6 is 0 Å². The molecule has 1 aromatic heterocycles. The van der Waals surface area contributed by atoms with Crippen LogP contribution in [0.5, 0.6) is 0 Å². The van der Waals surface area contributed by atoms with Gasteiger partial charge in [-0.2, -0.15) is 0 Å². The summed E-state index contributed by atoms with van der Waals surface area (Å²) in [4.78, 5) is 15.7. The highest BCUT2D eigenvalue weighted by Crippen LogP contribution is 2.12. The van der Waals surface area contributed by atoms with Crippen LogP contribution in [0.2, 0.25) is 0 Å². The smallest absolute Gasteiger partial charge is 0.407 e. The Hall–Kier alpha value is -2.54. The highest BCUT2D eigenvalue weighted by Gasteiger charge is 2.15. The summed E-state index contributed by atoms with van der Waals surface area (Å²) >= 11 is 0. The summed E-state index contributed by atoms with van der Waals surface area (Å²) in [5.41, 5.74) is 1.42. The Balaban J connectivity index is 1.84. The number of pyridine rings is 1. The zero-order valence-electron chi connectivity index (χ0n) is 13.1. The fourth-order valence-corrected chi connectivity index (χ4v) is 1.86. The van der Waals surface area contributed by atoms with E-state index in [1.807, 2.05) is 51.1 Å². The highest BCUT2D eigenvalue weighted by atomic mass is 16.6. The van der Waals surface area contributed by atoms with E-state index in [0.29, 0.717) is 13.0 Å². The first-order valence-corrected chi connectivity index (χ1v) is 7.24. The van der Waals surface area contributed by atoms with Crippen LogP contribution in [0, 0.1) is 11.8 Å². The molecular weight excluding hydrogens is 276 g/mol. The van der Waals surface area contributed by atoms with Gasteiger partial charge in [0, 0.05) is 30.1 Å². The molecule has 0 bridgehead atoms. The summed E-state index contributed by atoms with van der Waals surface area (Å²) in [5.74, 6) is 6.13. The number of aromatic nitrogens is 1. The molecule has 0 fully saturated rings. The van der Waals surface area contributed by atoms with Crippen LogP contribution in [0.15, 0.2) is 36.5 Å². The number of amides is 1. The third kappa shape index (κ3) is 5.10. The first-order valence-electron chi connectivity index (χ1n) is 7.24. The van der Waals surface area contributed by atoms with E-state index in [2.05, 4.69) is 22.1 Å². The maximum absolute atomic E-state index is 11.4. The van der Waals surface area contributed by atoms with Gasteiger partial charge in [0.05, 0.1) is 5.52 Å². The van der Waals surface area contributed by atoms with Crippen molar-refractivity contribution in [3.05, 3.63) is 42.1 Å². The molecule has 0 aliphatic heterocycles. The topological polar surface area (TPSA) is 51.2 Å². The van der Waals surface area contributed by atoms with Crippen LogP contribution < -0.4 is 5.32 Å². The Morgan fingerprint density at radius 1 is 1.32 bits per heavy atom. The van der Waals surface area contributed by atoms with Gasteiger partial charge in [-0.15, -0.1) is 0 Å².